The summed E-state index contributed by atoms with van der Waals surface area (Å²) in [7, 11) is -3.83. The van der Waals surface area contributed by atoms with Crippen molar-refractivity contribution in [2.45, 2.75) is 49.1 Å². The number of para-hydroxylation sites is 1. The number of hydrogen-bond donors (Lipinski definition) is 0. The summed E-state index contributed by atoms with van der Waals surface area (Å²) in [6.45, 7) is -0.206. The summed E-state index contributed by atoms with van der Waals surface area (Å²) in [4.78, 5) is 15.5. The molecule has 0 radical (unpaired) electrons. The minimum absolute atomic E-state index is 0.00944. The predicted molar refractivity (Wildman–Crippen MR) is 153 cm³/mol. The molecule has 0 aromatic heterocycles. The molecule has 3 fully saturated rings. The molecule has 1 saturated heterocycles. The van der Waals surface area contributed by atoms with Crippen LogP contribution in [0.1, 0.15) is 49.0 Å². The zero-order valence-corrected chi connectivity index (χ0v) is 24.0. The van der Waals surface area contributed by atoms with E-state index < -0.39 is 39.3 Å². The van der Waals surface area contributed by atoms with Gasteiger partial charge in [-0.3, -0.25) is 9.10 Å². The number of carbonyl (C=O) groups is 1. The van der Waals surface area contributed by atoms with Gasteiger partial charge in [0.15, 0.2) is 0 Å². The van der Waals surface area contributed by atoms with Gasteiger partial charge >= 0.3 is 0 Å². The van der Waals surface area contributed by atoms with E-state index in [9.17, 15) is 13.2 Å². The van der Waals surface area contributed by atoms with Crippen LogP contribution in [-0.2, 0) is 19.6 Å². The topological polar surface area (TPSA) is 66.9 Å². The molecule has 2 aliphatic carbocycles. The average Bonchev–Trinajstić information content (AvgIpc) is 3.84. The zero-order valence-electron chi connectivity index (χ0n) is 21.6. The molecule has 3 aromatic carbocycles. The van der Waals surface area contributed by atoms with Crippen molar-refractivity contribution in [3.8, 4) is 0 Å². The molecule has 40 heavy (non-hydrogen) atoms. The number of halogens is 3. The van der Waals surface area contributed by atoms with Crippen LogP contribution in [0.25, 0.3) is 0 Å². The summed E-state index contributed by atoms with van der Waals surface area (Å²) in [6.07, 6.45) is 2.23. The third-order valence-electron chi connectivity index (χ3n) is 7.90. The van der Waals surface area contributed by atoms with E-state index in [1.807, 2.05) is 30.3 Å². The van der Waals surface area contributed by atoms with Crippen molar-refractivity contribution in [3.05, 3.63) is 99.8 Å². The second-order valence-electron chi connectivity index (χ2n) is 10.7. The van der Waals surface area contributed by atoms with Gasteiger partial charge in [-0.25, -0.2) is 12.8 Å². The molecule has 3 aromatic rings. The number of nitrogens with zero attached hydrogens (tertiary/aromatic N) is 2. The van der Waals surface area contributed by atoms with Crippen LogP contribution >= 0.6 is 23.2 Å². The number of carbonyl (C=O) groups excluding carboxylic acids is 1. The Morgan fingerprint density at radius 3 is 2.30 bits per heavy atom. The van der Waals surface area contributed by atoms with E-state index >= 15 is 4.39 Å². The lowest BCUT2D eigenvalue weighted by Crippen LogP contribution is -2.56. The van der Waals surface area contributed by atoms with Gasteiger partial charge in [0.25, 0.3) is 0 Å². The second-order valence-corrected chi connectivity index (χ2v) is 13.7. The lowest BCUT2D eigenvalue weighted by molar-refractivity contribution is -0.163. The standard InChI is InChI=1S/C30H29Cl2FN2O4S/c31-22-12-10-20(11-13-22)29-30(21-4-3-5-23(32)16-21)39-18-28(36)35(29)27(19-8-9-19)17-34(40(37,38)24-14-15-24)26-7-2-1-6-25(26)33/h1-7,10-13,16,19,24,27,29-30H,8-9,14-15,17-18H2. The van der Waals surface area contributed by atoms with E-state index in [0.29, 0.717) is 22.9 Å². The minimum atomic E-state index is -3.83. The van der Waals surface area contributed by atoms with Gasteiger partial charge in [-0.1, -0.05) is 59.6 Å². The molecular formula is C30H29Cl2FN2O4S. The molecule has 3 aliphatic rings. The molecule has 6 rings (SSSR count). The number of morpholine rings is 1. The molecule has 6 nitrogen and oxygen atoms in total. The van der Waals surface area contributed by atoms with Gasteiger partial charge in [-0.2, -0.15) is 0 Å². The van der Waals surface area contributed by atoms with Crippen molar-refractivity contribution in [1.82, 2.24) is 4.90 Å². The van der Waals surface area contributed by atoms with E-state index in [1.165, 1.54) is 22.5 Å². The number of benzene rings is 3. The van der Waals surface area contributed by atoms with Crippen molar-refractivity contribution in [2.24, 2.45) is 5.92 Å². The minimum Gasteiger partial charge on any atom is -0.361 e. The maximum atomic E-state index is 15.1. The number of hydrogen-bond acceptors (Lipinski definition) is 4. The Morgan fingerprint density at radius 2 is 1.65 bits per heavy atom. The number of ether oxygens (including phenoxy) is 1. The molecule has 210 valence electrons. The fourth-order valence-corrected chi connectivity index (χ4v) is 7.83. The molecule has 2 saturated carbocycles. The maximum absolute atomic E-state index is 15.1. The van der Waals surface area contributed by atoms with Crippen molar-refractivity contribution >= 4 is 44.8 Å². The number of amides is 1. The highest BCUT2D eigenvalue weighted by atomic mass is 35.5. The Morgan fingerprint density at radius 1 is 0.925 bits per heavy atom. The van der Waals surface area contributed by atoms with Crippen molar-refractivity contribution < 1.29 is 22.3 Å². The van der Waals surface area contributed by atoms with Crippen LogP contribution in [0.5, 0.6) is 0 Å². The first-order valence-electron chi connectivity index (χ1n) is 13.4. The number of rotatable bonds is 9. The van der Waals surface area contributed by atoms with E-state index in [4.69, 9.17) is 27.9 Å². The average molecular weight is 604 g/mol. The number of sulfonamides is 1. The molecule has 1 aliphatic heterocycles. The molecule has 10 heteroatoms. The zero-order chi connectivity index (χ0) is 28.0. The fraction of sp³-hybridized carbons (Fsp3) is 0.367. The molecule has 0 N–H and O–H groups in total. The Hall–Kier alpha value is -2.65. The van der Waals surface area contributed by atoms with Gasteiger partial charge in [0, 0.05) is 10.0 Å². The van der Waals surface area contributed by atoms with Gasteiger partial charge < -0.3 is 9.64 Å². The highest BCUT2D eigenvalue weighted by Crippen LogP contribution is 2.47. The summed E-state index contributed by atoms with van der Waals surface area (Å²) in [5.74, 6) is -0.784. The molecule has 3 unspecified atom stereocenters. The van der Waals surface area contributed by atoms with Crippen LogP contribution in [0, 0.1) is 11.7 Å². The van der Waals surface area contributed by atoms with Gasteiger partial charge in [0.2, 0.25) is 15.9 Å². The molecular weight excluding hydrogens is 574 g/mol. The normalized spacial score (nSPS) is 22.3. The van der Waals surface area contributed by atoms with Crippen LogP contribution in [0.3, 0.4) is 0 Å². The highest BCUT2D eigenvalue weighted by Gasteiger charge is 2.50. The summed E-state index contributed by atoms with van der Waals surface area (Å²) < 4.78 is 49.9. The van der Waals surface area contributed by atoms with Crippen molar-refractivity contribution in [2.75, 3.05) is 17.5 Å². The van der Waals surface area contributed by atoms with Crippen LogP contribution < -0.4 is 4.31 Å². The Bertz CT molecular complexity index is 1510. The van der Waals surface area contributed by atoms with Crippen LogP contribution in [0.2, 0.25) is 10.0 Å². The van der Waals surface area contributed by atoms with E-state index in [-0.39, 0.29) is 30.7 Å². The van der Waals surface area contributed by atoms with E-state index in [0.717, 1.165) is 24.0 Å². The second kappa shape index (κ2) is 11.0. The lowest BCUT2D eigenvalue weighted by Gasteiger charge is -2.47. The summed E-state index contributed by atoms with van der Waals surface area (Å²) in [5.41, 5.74) is 1.61. The van der Waals surface area contributed by atoms with Gasteiger partial charge in [-0.15, -0.1) is 0 Å². The maximum Gasteiger partial charge on any atom is 0.249 e. The molecule has 3 atom stereocenters. The Labute approximate surface area is 243 Å². The summed E-state index contributed by atoms with van der Waals surface area (Å²) >= 11 is 12.6. The van der Waals surface area contributed by atoms with Crippen molar-refractivity contribution in [3.63, 3.8) is 0 Å². The molecule has 1 amide bonds. The van der Waals surface area contributed by atoms with Crippen LogP contribution in [0.4, 0.5) is 10.1 Å². The lowest BCUT2D eigenvalue weighted by atomic mass is 9.90. The van der Waals surface area contributed by atoms with Gasteiger partial charge in [-0.05, 0) is 79.1 Å². The number of anilines is 1. The van der Waals surface area contributed by atoms with Gasteiger partial charge in [0.05, 0.1) is 29.6 Å². The fourth-order valence-electron chi connectivity index (χ4n) is 5.63. The summed E-state index contributed by atoms with van der Waals surface area (Å²) in [5, 5.41) is 0.552. The van der Waals surface area contributed by atoms with E-state index in [1.54, 1.807) is 29.2 Å². The molecule has 0 bridgehead atoms. The largest absolute Gasteiger partial charge is 0.361 e. The van der Waals surface area contributed by atoms with Gasteiger partial charge in [0.1, 0.15) is 18.5 Å². The smallest absolute Gasteiger partial charge is 0.249 e. The summed E-state index contributed by atoms with van der Waals surface area (Å²) in [6, 6.07) is 19.4. The monoisotopic (exact) mass is 602 g/mol. The first-order valence-corrected chi connectivity index (χ1v) is 15.7. The SMILES string of the molecule is O=C1COC(c2cccc(Cl)c2)C(c2ccc(Cl)cc2)N1C(CN(c1ccccc1F)S(=O)(=O)C1CC1)C1CC1. The van der Waals surface area contributed by atoms with Crippen molar-refractivity contribution in [1.29, 1.82) is 0 Å². The van der Waals surface area contributed by atoms with Crippen LogP contribution in [0.15, 0.2) is 72.8 Å². The Balaban J connectivity index is 1.45. The molecule has 1 heterocycles. The molecule has 0 spiro atoms. The quantitative estimate of drug-likeness (QED) is 0.278. The predicted octanol–water partition coefficient (Wildman–Crippen LogP) is 6.55. The van der Waals surface area contributed by atoms with Crippen LogP contribution in [-0.4, -0.2) is 43.7 Å². The first-order chi connectivity index (χ1) is 19.2. The third kappa shape index (κ3) is 5.47. The Kier molecular flexibility index (Phi) is 7.55. The third-order valence-corrected chi connectivity index (χ3v) is 10.7. The first kappa shape index (κ1) is 27.5. The highest BCUT2D eigenvalue weighted by molar-refractivity contribution is 7.93. The van der Waals surface area contributed by atoms with E-state index in [2.05, 4.69) is 0 Å².